The second-order valence-corrected chi connectivity index (χ2v) is 12.0. The fourth-order valence-corrected chi connectivity index (χ4v) is 6.72. The van der Waals surface area contributed by atoms with Crippen LogP contribution in [-0.4, -0.2) is 54.4 Å². The molecule has 1 fully saturated rings. The number of pyridine rings is 1. The highest BCUT2D eigenvalue weighted by Crippen LogP contribution is 2.35. The number of aryl methyl sites for hydroxylation is 2. The molecule has 12 heteroatoms. The third kappa shape index (κ3) is 6.33. The summed E-state index contributed by atoms with van der Waals surface area (Å²) in [5.74, 6) is 0.712. The van der Waals surface area contributed by atoms with Crippen molar-refractivity contribution in [3.63, 3.8) is 0 Å². The molecule has 2 aliphatic heterocycles. The van der Waals surface area contributed by atoms with Crippen LogP contribution in [0.15, 0.2) is 39.1 Å². The van der Waals surface area contributed by atoms with Gasteiger partial charge in [0.1, 0.15) is 5.75 Å². The van der Waals surface area contributed by atoms with Crippen LogP contribution in [-0.2, 0) is 34.8 Å². The van der Waals surface area contributed by atoms with Crippen molar-refractivity contribution in [3.05, 3.63) is 61.6 Å². The summed E-state index contributed by atoms with van der Waals surface area (Å²) in [6.45, 7) is 5.21. The van der Waals surface area contributed by atoms with Crippen LogP contribution in [0.5, 0.6) is 5.75 Å². The summed E-state index contributed by atoms with van der Waals surface area (Å²) >= 11 is 0. The summed E-state index contributed by atoms with van der Waals surface area (Å²) in [5.41, 5.74) is 3.41. The molecule has 0 atom stereocenters. The van der Waals surface area contributed by atoms with Crippen molar-refractivity contribution in [2.24, 2.45) is 18.0 Å². The quantitative estimate of drug-likeness (QED) is 0.285. The molecule has 0 radical (unpaired) electrons. The minimum absolute atomic E-state index is 0.0145. The molecule has 0 saturated carbocycles. The predicted octanol–water partition coefficient (Wildman–Crippen LogP) is 3.80. The molecule has 2 aromatic rings. The third-order valence-corrected chi connectivity index (χ3v) is 9.18. The maximum atomic E-state index is 13.6. The molecule has 0 aliphatic carbocycles. The van der Waals surface area contributed by atoms with Crippen molar-refractivity contribution in [2.75, 3.05) is 26.3 Å². The van der Waals surface area contributed by atoms with Gasteiger partial charge in [-0.3, -0.25) is 9.79 Å². The van der Waals surface area contributed by atoms with E-state index in [4.69, 9.17) is 9.73 Å². The smallest absolute Gasteiger partial charge is 0.294 e. The molecule has 1 aromatic carbocycles. The third-order valence-electron chi connectivity index (χ3n) is 7.29. The monoisotopic (exact) mass is 560 g/mol. The van der Waals surface area contributed by atoms with E-state index in [9.17, 15) is 23.3 Å². The summed E-state index contributed by atoms with van der Waals surface area (Å²) in [4.78, 5) is 32.7. The number of benzene rings is 1. The lowest BCUT2D eigenvalue weighted by Crippen LogP contribution is -2.38. The lowest BCUT2D eigenvalue weighted by atomic mass is 9.95. The molecule has 0 amide bonds. The Balaban J connectivity index is 1.61. The van der Waals surface area contributed by atoms with Gasteiger partial charge in [0.25, 0.3) is 10.6 Å². The van der Waals surface area contributed by atoms with Gasteiger partial charge in [-0.2, -0.15) is 4.31 Å². The number of aliphatic imine (C=N–C) groups is 1. The van der Waals surface area contributed by atoms with Gasteiger partial charge in [-0.1, -0.05) is 20.3 Å². The molecule has 1 aromatic heterocycles. The Morgan fingerprint density at radius 1 is 1.15 bits per heavy atom. The molecule has 3 heterocycles. The number of aromatic nitrogens is 1. The van der Waals surface area contributed by atoms with Crippen LogP contribution < -0.4 is 10.3 Å². The first-order chi connectivity index (χ1) is 18.6. The molecule has 2 aliphatic rings. The number of rotatable bonds is 12. The zero-order valence-corrected chi connectivity index (χ0v) is 23.5. The van der Waals surface area contributed by atoms with E-state index < -0.39 is 15.1 Å². The van der Waals surface area contributed by atoms with Gasteiger partial charge in [-0.15, -0.1) is 10.1 Å². The van der Waals surface area contributed by atoms with Gasteiger partial charge in [0.05, 0.1) is 29.5 Å². The first kappa shape index (κ1) is 28.8. The highest BCUT2D eigenvalue weighted by atomic mass is 32.2. The zero-order chi connectivity index (χ0) is 28.2. The molecule has 212 valence electrons. The van der Waals surface area contributed by atoms with E-state index in [0.29, 0.717) is 73.7 Å². The summed E-state index contributed by atoms with van der Waals surface area (Å²) in [6, 6.07) is 4.85. The van der Waals surface area contributed by atoms with Crippen LogP contribution in [0.25, 0.3) is 0 Å². The lowest BCUT2D eigenvalue weighted by Gasteiger charge is -2.31. The Morgan fingerprint density at radius 3 is 2.56 bits per heavy atom. The highest BCUT2D eigenvalue weighted by Gasteiger charge is 2.31. The Bertz CT molecular complexity index is 1410. The topological polar surface area (TPSA) is 133 Å². The van der Waals surface area contributed by atoms with Crippen molar-refractivity contribution < 1.29 is 23.1 Å². The largest absolute Gasteiger partial charge is 0.493 e. The number of hydrogen-bond donors (Lipinski definition) is 0. The summed E-state index contributed by atoms with van der Waals surface area (Å²) in [6.07, 6.45) is 6.36. The number of piperidine rings is 1. The first-order valence-corrected chi connectivity index (χ1v) is 14.9. The molecule has 39 heavy (non-hydrogen) atoms. The van der Waals surface area contributed by atoms with E-state index in [-0.39, 0.29) is 23.0 Å². The summed E-state index contributed by atoms with van der Waals surface area (Å²) in [7, 11) is -2.05. The van der Waals surface area contributed by atoms with Crippen molar-refractivity contribution in [1.29, 1.82) is 0 Å². The Labute approximate surface area is 228 Å². The molecule has 0 unspecified atom stereocenters. The molecular weight excluding hydrogens is 524 g/mol. The standard InChI is InChI=1S/C27H36N4O7S/c1-4-6-20-18-29(3)27(32)23-17-24(28-26(20)23)22-16-21(7-8-25(22)37-14-5-2)39(35,36)30-12-9-19(10-13-30)11-15-38-31(33)34/h7-8,16,18-19H,4-6,9-15,17H2,1-3H3. The Morgan fingerprint density at radius 2 is 1.90 bits per heavy atom. The van der Waals surface area contributed by atoms with Crippen molar-refractivity contribution in [1.82, 2.24) is 8.87 Å². The highest BCUT2D eigenvalue weighted by molar-refractivity contribution is 7.89. The molecule has 0 spiro atoms. The van der Waals surface area contributed by atoms with Crippen LogP contribution in [0.4, 0.5) is 5.69 Å². The van der Waals surface area contributed by atoms with E-state index in [1.807, 2.05) is 13.1 Å². The molecule has 4 rings (SSSR count). The molecule has 0 bridgehead atoms. The van der Waals surface area contributed by atoms with Crippen LogP contribution in [0.1, 0.15) is 62.6 Å². The lowest BCUT2D eigenvalue weighted by molar-refractivity contribution is -0.758. The molecule has 0 N–H and O–H groups in total. The van der Waals surface area contributed by atoms with Crippen LogP contribution >= 0.6 is 0 Å². The maximum Gasteiger partial charge on any atom is 0.294 e. The maximum absolute atomic E-state index is 13.6. The van der Waals surface area contributed by atoms with Crippen LogP contribution in [0, 0.1) is 16.0 Å². The van der Waals surface area contributed by atoms with E-state index in [1.54, 1.807) is 29.8 Å². The SMILES string of the molecule is CCCOc1ccc(S(=O)(=O)N2CCC(CCO[N+](=O)[O-])CC2)cc1C1=Nc2c(CCC)cn(C)c(=O)c2C1. The van der Waals surface area contributed by atoms with Gasteiger partial charge >= 0.3 is 0 Å². The van der Waals surface area contributed by atoms with Gasteiger partial charge in [-0.25, -0.2) is 8.42 Å². The predicted molar refractivity (Wildman–Crippen MR) is 147 cm³/mol. The molecule has 11 nitrogen and oxygen atoms in total. The number of nitrogens with zero attached hydrogens (tertiary/aromatic N) is 4. The van der Waals surface area contributed by atoms with Crippen molar-refractivity contribution in [2.45, 2.75) is 63.7 Å². The van der Waals surface area contributed by atoms with Crippen LogP contribution in [0.2, 0.25) is 0 Å². The van der Waals surface area contributed by atoms with Crippen molar-refractivity contribution >= 4 is 21.4 Å². The number of fused-ring (bicyclic) bond motifs is 1. The van der Waals surface area contributed by atoms with E-state index in [1.165, 1.54) is 4.31 Å². The fourth-order valence-electron chi connectivity index (χ4n) is 5.22. The normalized spacial score (nSPS) is 16.1. The summed E-state index contributed by atoms with van der Waals surface area (Å²) in [5, 5.41) is 9.58. The van der Waals surface area contributed by atoms with Crippen molar-refractivity contribution in [3.8, 4) is 5.75 Å². The Kier molecular flexibility index (Phi) is 9.06. The Hall–Kier alpha value is -3.25. The van der Waals surface area contributed by atoms with Gasteiger partial charge in [0.15, 0.2) is 0 Å². The second-order valence-electron chi connectivity index (χ2n) is 10.1. The average molecular weight is 561 g/mol. The van der Waals surface area contributed by atoms with E-state index in [2.05, 4.69) is 11.8 Å². The second kappa shape index (κ2) is 12.3. The number of ether oxygens (including phenoxy) is 1. The number of sulfonamides is 1. The van der Waals surface area contributed by atoms with Gasteiger partial charge in [0, 0.05) is 43.9 Å². The molecular formula is C27H36N4O7S. The first-order valence-electron chi connectivity index (χ1n) is 13.5. The van der Waals surface area contributed by atoms with Crippen LogP contribution in [0.3, 0.4) is 0 Å². The van der Waals surface area contributed by atoms with Gasteiger partial charge in [0.2, 0.25) is 10.0 Å². The summed E-state index contributed by atoms with van der Waals surface area (Å²) < 4.78 is 36.3. The number of hydrogen-bond acceptors (Lipinski definition) is 8. The van der Waals surface area contributed by atoms with Gasteiger partial charge in [-0.05, 0) is 61.8 Å². The molecule has 1 saturated heterocycles. The zero-order valence-electron chi connectivity index (χ0n) is 22.7. The minimum Gasteiger partial charge on any atom is -0.493 e. The minimum atomic E-state index is -3.79. The fraction of sp³-hybridized carbons (Fsp3) is 0.556. The van der Waals surface area contributed by atoms with Gasteiger partial charge < -0.3 is 14.1 Å². The van der Waals surface area contributed by atoms with E-state index in [0.717, 1.165) is 24.8 Å². The van der Waals surface area contributed by atoms with E-state index >= 15 is 0 Å². The average Bonchev–Trinajstić information content (AvgIpc) is 3.36.